The number of ether oxygens (including phenoxy) is 1. The van der Waals surface area contributed by atoms with E-state index in [0.29, 0.717) is 5.92 Å². The Bertz CT molecular complexity index is 227. The average Bonchev–Trinajstić information content (AvgIpc) is 2.48. The predicted molar refractivity (Wildman–Crippen MR) is 53.7 cm³/mol. The summed E-state index contributed by atoms with van der Waals surface area (Å²) >= 11 is 1.79. The van der Waals surface area contributed by atoms with Gasteiger partial charge in [-0.05, 0) is 29.9 Å². The molecule has 0 aromatic carbocycles. The molecule has 12 heavy (non-hydrogen) atoms. The number of hydrogen-bond acceptors (Lipinski definition) is 2. The zero-order valence-electron chi connectivity index (χ0n) is 7.96. The van der Waals surface area contributed by atoms with Gasteiger partial charge in [-0.2, -0.15) is 0 Å². The summed E-state index contributed by atoms with van der Waals surface area (Å²) in [4.78, 5) is 1.33. The van der Waals surface area contributed by atoms with E-state index in [1.165, 1.54) is 10.4 Å². The lowest BCUT2D eigenvalue weighted by Crippen LogP contribution is -1.88. The molecule has 0 saturated carbocycles. The smallest absolute Gasteiger partial charge is 0.0809 e. The van der Waals surface area contributed by atoms with Crippen LogP contribution in [0.25, 0.3) is 0 Å². The molecule has 1 aromatic heterocycles. The molecule has 0 bridgehead atoms. The van der Waals surface area contributed by atoms with Gasteiger partial charge in [0.1, 0.15) is 0 Å². The van der Waals surface area contributed by atoms with Crippen molar-refractivity contribution in [2.45, 2.75) is 33.3 Å². The molecule has 68 valence electrons. The Balaban J connectivity index is 2.52. The van der Waals surface area contributed by atoms with Crippen molar-refractivity contribution >= 4 is 11.3 Å². The zero-order valence-corrected chi connectivity index (χ0v) is 8.78. The van der Waals surface area contributed by atoms with Gasteiger partial charge in [0.2, 0.25) is 0 Å². The van der Waals surface area contributed by atoms with Gasteiger partial charge in [-0.15, -0.1) is 11.3 Å². The summed E-state index contributed by atoms with van der Waals surface area (Å²) in [5, 5.41) is 2.22. The zero-order chi connectivity index (χ0) is 8.97. The van der Waals surface area contributed by atoms with Crippen LogP contribution in [-0.4, -0.2) is 6.61 Å². The second-order valence-corrected chi connectivity index (χ2v) is 4.13. The minimum absolute atomic E-state index is 0.636. The molecular formula is C10H16OS. The van der Waals surface area contributed by atoms with Gasteiger partial charge in [0.25, 0.3) is 0 Å². The van der Waals surface area contributed by atoms with Crippen molar-refractivity contribution in [1.82, 2.24) is 0 Å². The van der Waals surface area contributed by atoms with Crippen molar-refractivity contribution in [3.05, 3.63) is 21.9 Å². The number of rotatable bonds is 4. The summed E-state index contributed by atoms with van der Waals surface area (Å²) in [6.45, 7) is 8.03. The maximum atomic E-state index is 5.32. The molecule has 1 nitrogen and oxygen atoms in total. The van der Waals surface area contributed by atoms with E-state index in [1.54, 1.807) is 11.3 Å². The minimum Gasteiger partial charge on any atom is -0.376 e. The third-order valence-corrected chi connectivity index (χ3v) is 2.72. The van der Waals surface area contributed by atoms with Gasteiger partial charge in [0.05, 0.1) is 6.61 Å². The molecule has 0 amide bonds. The second-order valence-electron chi connectivity index (χ2n) is 3.14. The fraction of sp³-hybridized carbons (Fsp3) is 0.600. The molecule has 1 rings (SSSR count). The lowest BCUT2D eigenvalue weighted by atomic mass is 10.1. The van der Waals surface area contributed by atoms with Crippen molar-refractivity contribution in [3.63, 3.8) is 0 Å². The summed E-state index contributed by atoms with van der Waals surface area (Å²) < 4.78 is 5.32. The topological polar surface area (TPSA) is 9.23 Å². The van der Waals surface area contributed by atoms with Gasteiger partial charge in [0, 0.05) is 11.5 Å². The molecule has 1 heterocycles. The summed E-state index contributed by atoms with van der Waals surface area (Å²) in [6, 6.07) is 2.24. The summed E-state index contributed by atoms with van der Waals surface area (Å²) in [6.07, 6.45) is 0. The highest BCUT2D eigenvalue weighted by atomic mass is 32.1. The van der Waals surface area contributed by atoms with Gasteiger partial charge >= 0.3 is 0 Å². The van der Waals surface area contributed by atoms with Crippen molar-refractivity contribution < 1.29 is 4.74 Å². The quantitative estimate of drug-likeness (QED) is 0.696. The first-order chi connectivity index (χ1) is 5.74. The monoisotopic (exact) mass is 184 g/mol. The fourth-order valence-corrected chi connectivity index (χ4v) is 1.96. The second kappa shape index (κ2) is 4.63. The van der Waals surface area contributed by atoms with E-state index in [2.05, 4.69) is 25.3 Å². The average molecular weight is 184 g/mol. The van der Waals surface area contributed by atoms with Crippen LogP contribution in [0.15, 0.2) is 11.4 Å². The van der Waals surface area contributed by atoms with E-state index in [0.717, 1.165) is 13.2 Å². The molecule has 0 N–H and O–H groups in total. The van der Waals surface area contributed by atoms with Crippen molar-refractivity contribution in [2.75, 3.05) is 6.61 Å². The lowest BCUT2D eigenvalue weighted by Gasteiger charge is -1.98. The third kappa shape index (κ3) is 2.61. The molecule has 1 aromatic rings. The van der Waals surface area contributed by atoms with E-state index in [9.17, 15) is 0 Å². The van der Waals surface area contributed by atoms with Crippen LogP contribution in [-0.2, 0) is 11.3 Å². The summed E-state index contributed by atoms with van der Waals surface area (Å²) in [5.41, 5.74) is 1.43. The predicted octanol–water partition coefficient (Wildman–Crippen LogP) is 3.41. The molecule has 0 unspecified atom stereocenters. The lowest BCUT2D eigenvalue weighted by molar-refractivity contribution is 0.136. The van der Waals surface area contributed by atoms with Gasteiger partial charge in [-0.25, -0.2) is 0 Å². The van der Waals surface area contributed by atoms with Crippen molar-refractivity contribution in [3.8, 4) is 0 Å². The first kappa shape index (κ1) is 9.75. The van der Waals surface area contributed by atoms with E-state index in [1.807, 2.05) is 6.92 Å². The Labute approximate surface area is 78.4 Å². The Morgan fingerprint density at radius 1 is 1.50 bits per heavy atom. The molecule has 0 spiro atoms. The maximum absolute atomic E-state index is 5.32. The molecule has 0 fully saturated rings. The largest absolute Gasteiger partial charge is 0.376 e. The van der Waals surface area contributed by atoms with Crippen LogP contribution in [0.3, 0.4) is 0 Å². The molecule has 0 atom stereocenters. The normalized spacial score (nSPS) is 11.0. The number of thiophene rings is 1. The van der Waals surface area contributed by atoms with E-state index in [4.69, 9.17) is 4.74 Å². The van der Waals surface area contributed by atoms with Crippen LogP contribution >= 0.6 is 11.3 Å². The highest BCUT2D eigenvalue weighted by molar-refractivity contribution is 7.10. The van der Waals surface area contributed by atoms with E-state index in [-0.39, 0.29) is 0 Å². The summed E-state index contributed by atoms with van der Waals surface area (Å²) in [7, 11) is 0. The van der Waals surface area contributed by atoms with Crippen LogP contribution in [0.1, 0.15) is 37.1 Å². The Morgan fingerprint density at radius 2 is 2.25 bits per heavy atom. The van der Waals surface area contributed by atoms with Crippen LogP contribution in [0.2, 0.25) is 0 Å². The van der Waals surface area contributed by atoms with E-state index >= 15 is 0 Å². The molecular weight excluding hydrogens is 168 g/mol. The van der Waals surface area contributed by atoms with Crippen molar-refractivity contribution in [1.29, 1.82) is 0 Å². The fourth-order valence-electron chi connectivity index (χ4n) is 0.979. The molecule has 0 aliphatic heterocycles. The minimum atomic E-state index is 0.636. The number of hydrogen-bond donors (Lipinski definition) is 0. The Kier molecular flexibility index (Phi) is 3.76. The van der Waals surface area contributed by atoms with Crippen LogP contribution in [0.5, 0.6) is 0 Å². The molecule has 0 radical (unpaired) electrons. The Hall–Kier alpha value is -0.340. The first-order valence-corrected chi connectivity index (χ1v) is 5.27. The van der Waals surface area contributed by atoms with Gasteiger partial charge in [-0.3, -0.25) is 0 Å². The van der Waals surface area contributed by atoms with Gasteiger partial charge in [0.15, 0.2) is 0 Å². The molecule has 0 aliphatic rings. The highest BCUT2D eigenvalue weighted by Gasteiger charge is 2.02. The molecule has 0 saturated heterocycles. The van der Waals surface area contributed by atoms with Crippen LogP contribution in [0, 0.1) is 0 Å². The standard InChI is InChI=1S/C10H16OS/c1-4-11-6-10-5-9(7-12-10)8(2)3/h5,7-8H,4,6H2,1-3H3. The summed E-state index contributed by atoms with van der Waals surface area (Å²) in [5.74, 6) is 0.636. The highest BCUT2D eigenvalue weighted by Crippen LogP contribution is 2.22. The van der Waals surface area contributed by atoms with Gasteiger partial charge < -0.3 is 4.74 Å². The van der Waals surface area contributed by atoms with E-state index < -0.39 is 0 Å². The molecule has 0 aliphatic carbocycles. The van der Waals surface area contributed by atoms with Crippen molar-refractivity contribution in [2.24, 2.45) is 0 Å². The van der Waals surface area contributed by atoms with Crippen LogP contribution in [0.4, 0.5) is 0 Å². The van der Waals surface area contributed by atoms with Crippen LogP contribution < -0.4 is 0 Å². The first-order valence-electron chi connectivity index (χ1n) is 4.39. The molecule has 2 heteroatoms. The SMILES string of the molecule is CCOCc1cc(C(C)C)cs1. The Morgan fingerprint density at radius 3 is 2.75 bits per heavy atom. The maximum Gasteiger partial charge on any atom is 0.0809 e. The van der Waals surface area contributed by atoms with Gasteiger partial charge in [-0.1, -0.05) is 13.8 Å². The third-order valence-electron chi connectivity index (χ3n) is 1.79.